The van der Waals surface area contributed by atoms with Crippen molar-refractivity contribution in [3.63, 3.8) is 0 Å². The van der Waals surface area contributed by atoms with E-state index in [0.29, 0.717) is 17.2 Å². The van der Waals surface area contributed by atoms with Crippen molar-refractivity contribution in [3.8, 4) is 0 Å². The molecule has 152 valence electrons. The summed E-state index contributed by atoms with van der Waals surface area (Å²) >= 11 is 1.56. The molecule has 0 spiro atoms. The molecule has 2 N–H and O–H groups in total. The Morgan fingerprint density at radius 3 is 2.48 bits per heavy atom. The molecule has 4 amide bonds. The van der Waals surface area contributed by atoms with Gasteiger partial charge in [0.2, 0.25) is 5.91 Å². The maximum absolute atomic E-state index is 13.0. The van der Waals surface area contributed by atoms with Crippen LogP contribution in [0.15, 0.2) is 53.4 Å². The summed E-state index contributed by atoms with van der Waals surface area (Å²) in [5.41, 5.74) is 1.28. The third-order valence-electron chi connectivity index (χ3n) is 5.08. The van der Waals surface area contributed by atoms with Crippen LogP contribution < -0.4 is 10.6 Å². The van der Waals surface area contributed by atoms with E-state index in [2.05, 4.69) is 24.5 Å². The quantitative estimate of drug-likeness (QED) is 0.558. The van der Waals surface area contributed by atoms with Gasteiger partial charge in [0.25, 0.3) is 5.91 Å². The predicted octanol–water partition coefficient (Wildman–Crippen LogP) is 3.94. The van der Waals surface area contributed by atoms with Crippen molar-refractivity contribution in [1.29, 1.82) is 0 Å². The standard InChI is InChI=1S/C22H25N3O3S/c1-14(2)15-8-10-16(11-9-15)22(3)20(27)25(21(28)24-22)13-19(26)23-17-6-5-7-18(12-17)29-4/h5-12,14H,13H2,1-4H3,(H,23,26)(H,24,28)/t22-/m1/s1. The monoisotopic (exact) mass is 411 g/mol. The third-order valence-corrected chi connectivity index (χ3v) is 5.81. The Balaban J connectivity index is 1.73. The first-order chi connectivity index (χ1) is 13.7. The minimum atomic E-state index is -1.19. The minimum absolute atomic E-state index is 0.339. The predicted molar refractivity (Wildman–Crippen MR) is 115 cm³/mol. The molecule has 1 aliphatic rings. The van der Waals surface area contributed by atoms with Crippen LogP contribution in [-0.4, -0.2) is 35.5 Å². The van der Waals surface area contributed by atoms with Gasteiger partial charge in [-0.25, -0.2) is 4.79 Å². The second-order valence-electron chi connectivity index (χ2n) is 7.50. The highest BCUT2D eigenvalue weighted by atomic mass is 32.2. The average Bonchev–Trinajstić information content (AvgIpc) is 2.92. The lowest BCUT2D eigenvalue weighted by molar-refractivity contribution is -0.133. The van der Waals surface area contributed by atoms with Crippen molar-refractivity contribution in [3.05, 3.63) is 59.7 Å². The Hall–Kier alpha value is -2.80. The molecule has 0 aromatic heterocycles. The molecule has 6 nitrogen and oxygen atoms in total. The molecule has 0 aliphatic carbocycles. The van der Waals surface area contributed by atoms with Gasteiger partial charge in [0.05, 0.1) is 0 Å². The molecular formula is C22H25N3O3S. The number of hydrogen-bond donors (Lipinski definition) is 2. The van der Waals surface area contributed by atoms with Gasteiger partial charge in [-0.15, -0.1) is 11.8 Å². The fourth-order valence-corrected chi connectivity index (χ4v) is 3.74. The number of rotatable bonds is 6. The van der Waals surface area contributed by atoms with E-state index < -0.39 is 23.4 Å². The molecule has 0 bridgehead atoms. The number of thioether (sulfide) groups is 1. The number of nitrogens with zero attached hydrogens (tertiary/aromatic N) is 1. The third kappa shape index (κ3) is 4.29. The van der Waals surface area contributed by atoms with Crippen LogP contribution in [0.3, 0.4) is 0 Å². The van der Waals surface area contributed by atoms with Crippen LogP contribution in [0.4, 0.5) is 10.5 Å². The molecule has 2 aromatic rings. The Morgan fingerprint density at radius 1 is 1.17 bits per heavy atom. The van der Waals surface area contributed by atoms with E-state index in [4.69, 9.17) is 0 Å². The van der Waals surface area contributed by atoms with E-state index in [9.17, 15) is 14.4 Å². The largest absolute Gasteiger partial charge is 0.325 e. The number of carbonyl (C=O) groups is 3. The lowest BCUT2D eigenvalue weighted by Crippen LogP contribution is -2.42. The topological polar surface area (TPSA) is 78.5 Å². The summed E-state index contributed by atoms with van der Waals surface area (Å²) < 4.78 is 0. The number of carbonyl (C=O) groups excluding carboxylic acids is 3. The summed E-state index contributed by atoms with van der Waals surface area (Å²) in [5, 5.41) is 5.48. The Bertz CT molecular complexity index is 943. The molecule has 2 aromatic carbocycles. The first kappa shape index (κ1) is 20.9. The number of urea groups is 1. The molecule has 0 radical (unpaired) electrons. The molecule has 1 fully saturated rings. The van der Waals surface area contributed by atoms with Crippen LogP contribution >= 0.6 is 11.8 Å². The lowest BCUT2D eigenvalue weighted by Gasteiger charge is -2.22. The summed E-state index contributed by atoms with van der Waals surface area (Å²) in [6, 6.07) is 14.4. The van der Waals surface area contributed by atoms with Crippen molar-refractivity contribution in [2.45, 2.75) is 37.1 Å². The van der Waals surface area contributed by atoms with Crippen LogP contribution in [0.2, 0.25) is 0 Å². The zero-order valence-electron chi connectivity index (χ0n) is 17.0. The van der Waals surface area contributed by atoms with E-state index in [1.54, 1.807) is 24.8 Å². The second kappa shape index (κ2) is 8.29. The molecule has 1 atom stereocenters. The molecule has 0 saturated carbocycles. The Kier molecular flexibility index (Phi) is 5.98. The summed E-state index contributed by atoms with van der Waals surface area (Å²) in [7, 11) is 0. The van der Waals surface area contributed by atoms with Gasteiger partial charge in [-0.3, -0.25) is 14.5 Å². The smallest absolute Gasteiger partial charge is 0.324 e. The maximum atomic E-state index is 13.0. The van der Waals surface area contributed by atoms with Crippen molar-refractivity contribution in [2.75, 3.05) is 18.1 Å². The summed E-state index contributed by atoms with van der Waals surface area (Å²) in [5.74, 6) is -0.491. The van der Waals surface area contributed by atoms with Crippen molar-refractivity contribution >= 4 is 35.3 Å². The molecule has 0 unspecified atom stereocenters. The molecule has 3 rings (SSSR count). The Morgan fingerprint density at radius 2 is 1.86 bits per heavy atom. The van der Waals surface area contributed by atoms with Gasteiger partial charge < -0.3 is 10.6 Å². The number of nitrogens with one attached hydrogen (secondary N) is 2. The first-order valence-electron chi connectivity index (χ1n) is 9.43. The first-order valence-corrected chi connectivity index (χ1v) is 10.7. The van der Waals surface area contributed by atoms with Crippen molar-refractivity contribution in [2.24, 2.45) is 0 Å². The SMILES string of the molecule is CSc1cccc(NC(=O)CN2C(=O)N[C@](C)(c3ccc(C(C)C)cc3)C2=O)c1. The molecular weight excluding hydrogens is 386 g/mol. The van der Waals surface area contributed by atoms with Gasteiger partial charge >= 0.3 is 6.03 Å². The number of benzene rings is 2. The molecule has 1 aliphatic heterocycles. The molecule has 29 heavy (non-hydrogen) atoms. The molecule has 7 heteroatoms. The van der Waals surface area contributed by atoms with Gasteiger partial charge in [0.1, 0.15) is 12.1 Å². The summed E-state index contributed by atoms with van der Waals surface area (Å²) in [6.07, 6.45) is 1.95. The van der Waals surface area contributed by atoms with Crippen LogP contribution in [-0.2, 0) is 15.1 Å². The molecule has 1 saturated heterocycles. The summed E-state index contributed by atoms with van der Waals surface area (Å²) in [6.45, 7) is 5.51. The van der Waals surface area contributed by atoms with E-state index >= 15 is 0 Å². The fourth-order valence-electron chi connectivity index (χ4n) is 3.28. The summed E-state index contributed by atoms with van der Waals surface area (Å²) in [4.78, 5) is 39.9. The van der Waals surface area contributed by atoms with Crippen molar-refractivity contribution in [1.82, 2.24) is 10.2 Å². The van der Waals surface area contributed by atoms with Gasteiger partial charge in [0.15, 0.2) is 0 Å². The second-order valence-corrected chi connectivity index (χ2v) is 8.38. The lowest BCUT2D eigenvalue weighted by atomic mass is 9.90. The maximum Gasteiger partial charge on any atom is 0.325 e. The van der Waals surface area contributed by atoms with Crippen LogP contribution in [0.5, 0.6) is 0 Å². The van der Waals surface area contributed by atoms with E-state index in [0.717, 1.165) is 15.4 Å². The zero-order chi connectivity index (χ0) is 21.2. The number of amides is 4. The Labute approximate surface area is 175 Å². The van der Waals surface area contributed by atoms with E-state index in [-0.39, 0.29) is 6.54 Å². The highest BCUT2D eigenvalue weighted by Crippen LogP contribution is 2.30. The van der Waals surface area contributed by atoms with Gasteiger partial charge in [-0.1, -0.05) is 44.2 Å². The number of hydrogen-bond acceptors (Lipinski definition) is 4. The van der Waals surface area contributed by atoms with E-state index in [1.807, 2.05) is 48.7 Å². The van der Waals surface area contributed by atoms with Crippen molar-refractivity contribution < 1.29 is 14.4 Å². The highest BCUT2D eigenvalue weighted by molar-refractivity contribution is 7.98. The van der Waals surface area contributed by atoms with Crippen LogP contribution in [0.1, 0.15) is 37.8 Å². The fraction of sp³-hybridized carbons (Fsp3) is 0.318. The van der Waals surface area contributed by atoms with Gasteiger partial charge in [-0.05, 0) is 48.4 Å². The number of imide groups is 1. The van der Waals surface area contributed by atoms with Crippen LogP contribution in [0.25, 0.3) is 0 Å². The molecule has 1 heterocycles. The number of anilines is 1. The van der Waals surface area contributed by atoms with Gasteiger partial charge in [-0.2, -0.15) is 0 Å². The minimum Gasteiger partial charge on any atom is -0.324 e. The zero-order valence-corrected chi connectivity index (χ0v) is 17.8. The van der Waals surface area contributed by atoms with Gasteiger partial charge in [0, 0.05) is 10.6 Å². The average molecular weight is 412 g/mol. The van der Waals surface area contributed by atoms with E-state index in [1.165, 1.54) is 0 Å². The van der Waals surface area contributed by atoms with Crippen LogP contribution in [0, 0.1) is 0 Å². The normalized spacial score (nSPS) is 18.9. The highest BCUT2D eigenvalue weighted by Gasteiger charge is 2.49.